The summed E-state index contributed by atoms with van der Waals surface area (Å²) in [7, 11) is 0. The summed E-state index contributed by atoms with van der Waals surface area (Å²) >= 11 is -0.448. The van der Waals surface area contributed by atoms with Gasteiger partial charge in [0.25, 0.3) is 0 Å². The van der Waals surface area contributed by atoms with Crippen LogP contribution < -0.4 is 31.7 Å². The second kappa shape index (κ2) is 12.7. The fourth-order valence-corrected chi connectivity index (χ4v) is 7.99. The van der Waals surface area contributed by atoms with Crippen molar-refractivity contribution in [3.8, 4) is 5.75 Å². The molecule has 2 aliphatic heterocycles. The number of allylic oxidation sites excluding steroid dienone is 4. The molecular weight excluding hydrogens is 651 g/mol. The number of carbonyl (C=O) groups excluding carboxylic acids is 1. The zero-order chi connectivity index (χ0) is 30.0. The molecule has 43 heavy (non-hydrogen) atoms. The Morgan fingerprint density at radius 2 is 1.81 bits per heavy atom. The van der Waals surface area contributed by atoms with Crippen LogP contribution in [0.5, 0.6) is 5.75 Å². The summed E-state index contributed by atoms with van der Waals surface area (Å²) in [6.45, 7) is 5.06. The van der Waals surface area contributed by atoms with Gasteiger partial charge in [-0.05, 0) is 0 Å². The van der Waals surface area contributed by atoms with Gasteiger partial charge in [-0.2, -0.15) is 0 Å². The van der Waals surface area contributed by atoms with Gasteiger partial charge in [0.1, 0.15) is 0 Å². The third-order valence-corrected chi connectivity index (χ3v) is 10.7. The van der Waals surface area contributed by atoms with Gasteiger partial charge < -0.3 is 0 Å². The van der Waals surface area contributed by atoms with Gasteiger partial charge in [-0.3, -0.25) is 0 Å². The SMILES string of the molecule is CC(C)C1CC1(C(=O)N1C(O)OC[C@H]1Cc1ccccc1)c1cc(OCc2ccccc2)cc(C2=C[I-]C(N)=CC=C2)c1. The van der Waals surface area contributed by atoms with E-state index in [0.717, 1.165) is 37.3 Å². The maximum absolute atomic E-state index is 14.7. The van der Waals surface area contributed by atoms with Crippen LogP contribution in [-0.4, -0.2) is 35.0 Å². The normalized spacial score (nSPS) is 25.0. The number of nitrogens with two attached hydrogens (primary N) is 1. The summed E-state index contributed by atoms with van der Waals surface area (Å²) in [5.41, 5.74) is 10.6. The molecular formula is C36H38IN2O4-. The molecule has 0 bridgehead atoms. The predicted octanol–water partition coefficient (Wildman–Crippen LogP) is 2.73. The molecule has 3 aromatic rings. The van der Waals surface area contributed by atoms with E-state index in [1.165, 1.54) is 0 Å². The Hall–Kier alpha value is -3.40. The van der Waals surface area contributed by atoms with E-state index in [0.29, 0.717) is 26.1 Å². The van der Waals surface area contributed by atoms with E-state index in [4.69, 9.17) is 15.2 Å². The molecule has 0 aromatic heterocycles. The number of hydrogen-bond donors (Lipinski definition) is 2. The van der Waals surface area contributed by atoms with Gasteiger partial charge in [-0.1, -0.05) is 18.2 Å². The van der Waals surface area contributed by atoms with E-state index in [1.54, 1.807) is 4.90 Å². The Morgan fingerprint density at radius 3 is 2.51 bits per heavy atom. The molecule has 0 radical (unpaired) electrons. The zero-order valence-corrected chi connectivity index (χ0v) is 26.7. The first-order valence-corrected chi connectivity index (χ1v) is 17.1. The van der Waals surface area contributed by atoms with E-state index in [9.17, 15) is 9.90 Å². The topological polar surface area (TPSA) is 85.0 Å². The van der Waals surface area contributed by atoms with Gasteiger partial charge >= 0.3 is 247 Å². The van der Waals surface area contributed by atoms with E-state index >= 15 is 0 Å². The van der Waals surface area contributed by atoms with Crippen molar-refractivity contribution in [3.05, 3.63) is 127 Å². The van der Waals surface area contributed by atoms with Gasteiger partial charge in [0.05, 0.1) is 0 Å². The number of rotatable bonds is 9. The average Bonchev–Trinajstić information content (AvgIpc) is 3.74. The van der Waals surface area contributed by atoms with Gasteiger partial charge in [-0.25, -0.2) is 0 Å². The molecule has 4 atom stereocenters. The fraction of sp³-hybridized carbons (Fsp3) is 0.306. The van der Waals surface area contributed by atoms with Crippen molar-refractivity contribution in [2.75, 3.05) is 6.61 Å². The first-order valence-electron chi connectivity index (χ1n) is 14.8. The van der Waals surface area contributed by atoms with Crippen molar-refractivity contribution in [1.82, 2.24) is 4.90 Å². The summed E-state index contributed by atoms with van der Waals surface area (Å²) in [5, 5.41) is 11.0. The molecule has 7 heteroatoms. The summed E-state index contributed by atoms with van der Waals surface area (Å²) in [4.78, 5) is 16.3. The van der Waals surface area contributed by atoms with E-state index in [2.05, 4.69) is 48.3 Å². The van der Waals surface area contributed by atoms with E-state index < -0.39 is 33.0 Å². The molecule has 1 saturated heterocycles. The predicted molar refractivity (Wildman–Crippen MR) is 164 cm³/mol. The quantitative estimate of drug-likeness (QED) is 0.267. The fourth-order valence-electron chi connectivity index (χ4n) is 6.32. The third kappa shape index (κ3) is 6.30. The number of aliphatic hydroxyl groups is 1. The molecule has 3 N–H and O–H groups in total. The van der Waals surface area contributed by atoms with Crippen LogP contribution in [0.3, 0.4) is 0 Å². The third-order valence-electron chi connectivity index (χ3n) is 8.65. The second-order valence-corrected chi connectivity index (χ2v) is 14.3. The molecule has 3 unspecified atom stereocenters. The van der Waals surface area contributed by atoms with Crippen LogP contribution in [0.1, 0.15) is 42.5 Å². The van der Waals surface area contributed by atoms with Crippen molar-refractivity contribution in [2.24, 2.45) is 17.6 Å². The molecule has 6 rings (SSSR count). The Morgan fingerprint density at radius 1 is 1.09 bits per heavy atom. The minimum atomic E-state index is -1.27. The van der Waals surface area contributed by atoms with Gasteiger partial charge in [0, 0.05) is 0 Å². The summed E-state index contributed by atoms with van der Waals surface area (Å²) < 4.78 is 15.2. The molecule has 3 aliphatic rings. The van der Waals surface area contributed by atoms with Crippen molar-refractivity contribution in [3.63, 3.8) is 0 Å². The Kier molecular flexibility index (Phi) is 8.75. The molecule has 6 nitrogen and oxygen atoms in total. The van der Waals surface area contributed by atoms with Crippen LogP contribution in [0.4, 0.5) is 0 Å². The molecule has 224 valence electrons. The zero-order valence-electron chi connectivity index (χ0n) is 24.5. The minimum absolute atomic E-state index is 0.0768. The maximum atomic E-state index is 14.7. The Balaban J connectivity index is 1.39. The van der Waals surface area contributed by atoms with Gasteiger partial charge in [-0.15, -0.1) is 0 Å². The van der Waals surface area contributed by atoms with Crippen molar-refractivity contribution in [2.45, 2.75) is 51.2 Å². The van der Waals surface area contributed by atoms with Crippen LogP contribution in [-0.2, 0) is 28.0 Å². The van der Waals surface area contributed by atoms with E-state index in [-0.39, 0.29) is 23.8 Å². The number of carbonyl (C=O) groups is 1. The molecule has 0 spiro atoms. The monoisotopic (exact) mass is 689 g/mol. The number of amides is 1. The number of hydrogen-bond acceptors (Lipinski definition) is 5. The van der Waals surface area contributed by atoms with Crippen molar-refractivity contribution in [1.29, 1.82) is 0 Å². The molecule has 1 saturated carbocycles. The Bertz CT molecular complexity index is 1550. The number of nitrogens with zero attached hydrogens (tertiary/aromatic N) is 1. The van der Waals surface area contributed by atoms with E-state index in [1.807, 2.05) is 66.7 Å². The molecule has 2 fully saturated rings. The number of aliphatic hydroxyl groups excluding tert-OH is 1. The van der Waals surface area contributed by atoms with Crippen LogP contribution in [0, 0.1) is 11.8 Å². The van der Waals surface area contributed by atoms with Gasteiger partial charge in [0.15, 0.2) is 0 Å². The van der Waals surface area contributed by atoms with Crippen LogP contribution in [0.25, 0.3) is 5.57 Å². The molecule has 1 amide bonds. The van der Waals surface area contributed by atoms with Gasteiger partial charge in [0.2, 0.25) is 0 Å². The first-order chi connectivity index (χ1) is 20.8. The first kappa shape index (κ1) is 29.7. The number of ether oxygens (including phenoxy) is 2. The second-order valence-electron chi connectivity index (χ2n) is 11.8. The summed E-state index contributed by atoms with van der Waals surface area (Å²) in [5.74, 6) is 1.05. The Labute approximate surface area is 264 Å². The molecule has 3 aromatic carbocycles. The van der Waals surface area contributed by atoms with Crippen LogP contribution in [0.15, 0.2) is 105 Å². The van der Waals surface area contributed by atoms with Crippen molar-refractivity contribution < 1.29 is 40.6 Å². The van der Waals surface area contributed by atoms with Crippen LogP contribution >= 0.6 is 0 Å². The number of halogens is 1. The summed E-state index contributed by atoms with van der Waals surface area (Å²) in [6.07, 6.45) is 6.10. The standard InChI is InChI=1S/C36H38IN2O4/c1-24(2)32-20-36(32,34(40)39-30(23-43-35(39)41)16-25-10-5-3-6-11-25)29-17-28(27-14-9-15-33(38)37-21-27)18-31(19-29)42-22-26-12-7-4-8-13-26/h3-15,17-19,21,24,30,32,35,41H,16,20,22-23,38H2,1-2H3/q-1/t30-,32?,35?,36?/m1/s1. The average molecular weight is 690 g/mol. The molecule has 1 aliphatic carbocycles. The van der Waals surface area contributed by atoms with Crippen molar-refractivity contribution >= 4 is 11.5 Å². The number of benzene rings is 3. The molecule has 2 heterocycles. The van der Waals surface area contributed by atoms with Crippen LogP contribution in [0.2, 0.25) is 0 Å². The summed E-state index contributed by atoms with van der Waals surface area (Å²) in [6, 6.07) is 26.1.